The van der Waals surface area contributed by atoms with Crippen molar-refractivity contribution in [3.63, 3.8) is 0 Å². The number of methoxy groups -OCH3 is 1. The lowest BCUT2D eigenvalue weighted by atomic mass is 9.77. The SMILES string of the molecule is COc1ccc(C)cc1C1(C)CNc2ccccc21. The minimum atomic E-state index is -0.0338. The number of nitrogens with one attached hydrogen (secondary N) is 1. The molecule has 3 rings (SSSR count). The molecule has 2 aromatic carbocycles. The van der Waals surface area contributed by atoms with E-state index in [0.29, 0.717) is 0 Å². The summed E-state index contributed by atoms with van der Waals surface area (Å²) in [5.74, 6) is 0.964. The summed E-state index contributed by atoms with van der Waals surface area (Å²) in [5.41, 5.74) is 5.06. The highest BCUT2D eigenvalue weighted by molar-refractivity contribution is 5.65. The second-order valence-electron chi connectivity index (χ2n) is 5.43. The van der Waals surface area contributed by atoms with Gasteiger partial charge in [-0.2, -0.15) is 0 Å². The molecule has 0 saturated carbocycles. The highest BCUT2D eigenvalue weighted by Crippen LogP contribution is 2.44. The van der Waals surface area contributed by atoms with Gasteiger partial charge in [0, 0.05) is 23.2 Å². The molecular formula is C17H19NO. The number of rotatable bonds is 2. The van der Waals surface area contributed by atoms with Gasteiger partial charge in [-0.3, -0.25) is 0 Å². The van der Waals surface area contributed by atoms with Crippen molar-refractivity contribution < 1.29 is 4.74 Å². The van der Waals surface area contributed by atoms with Crippen LogP contribution in [0.5, 0.6) is 5.75 Å². The van der Waals surface area contributed by atoms with Gasteiger partial charge in [0.15, 0.2) is 0 Å². The number of hydrogen-bond acceptors (Lipinski definition) is 2. The predicted molar refractivity (Wildman–Crippen MR) is 79.1 cm³/mol. The highest BCUT2D eigenvalue weighted by atomic mass is 16.5. The van der Waals surface area contributed by atoms with E-state index < -0.39 is 0 Å². The molecule has 0 aromatic heterocycles. The van der Waals surface area contributed by atoms with E-state index in [1.807, 2.05) is 0 Å². The first-order valence-electron chi connectivity index (χ1n) is 6.63. The number of para-hydroxylation sites is 1. The van der Waals surface area contributed by atoms with Crippen molar-refractivity contribution >= 4 is 5.69 Å². The molecule has 0 radical (unpaired) electrons. The topological polar surface area (TPSA) is 21.3 Å². The fourth-order valence-electron chi connectivity index (χ4n) is 2.98. The number of ether oxygens (including phenoxy) is 1. The summed E-state index contributed by atoms with van der Waals surface area (Å²) < 4.78 is 5.57. The molecule has 2 aromatic rings. The van der Waals surface area contributed by atoms with Crippen molar-refractivity contribution in [2.24, 2.45) is 0 Å². The van der Waals surface area contributed by atoms with Crippen molar-refractivity contribution in [1.29, 1.82) is 0 Å². The number of benzene rings is 2. The van der Waals surface area contributed by atoms with Crippen molar-refractivity contribution in [1.82, 2.24) is 0 Å². The minimum absolute atomic E-state index is 0.0338. The number of anilines is 1. The van der Waals surface area contributed by atoms with E-state index in [1.54, 1.807) is 7.11 Å². The van der Waals surface area contributed by atoms with Crippen molar-refractivity contribution in [2.75, 3.05) is 19.0 Å². The third-order valence-corrected chi connectivity index (χ3v) is 4.10. The molecule has 0 bridgehead atoms. The molecule has 0 amide bonds. The Labute approximate surface area is 114 Å². The summed E-state index contributed by atoms with van der Waals surface area (Å²) in [4.78, 5) is 0. The quantitative estimate of drug-likeness (QED) is 0.880. The van der Waals surface area contributed by atoms with Crippen LogP contribution in [0.15, 0.2) is 42.5 Å². The standard InChI is InChI=1S/C17H19NO/c1-12-8-9-16(19-3)14(10-12)17(2)11-18-15-7-5-4-6-13(15)17/h4-10,18H,11H2,1-3H3. The molecule has 1 unspecified atom stereocenters. The lowest BCUT2D eigenvalue weighted by Crippen LogP contribution is -2.26. The largest absolute Gasteiger partial charge is 0.496 e. The molecule has 1 N–H and O–H groups in total. The molecule has 2 heteroatoms. The lowest BCUT2D eigenvalue weighted by Gasteiger charge is -2.27. The van der Waals surface area contributed by atoms with Crippen LogP contribution in [0.2, 0.25) is 0 Å². The van der Waals surface area contributed by atoms with Gasteiger partial charge >= 0.3 is 0 Å². The van der Waals surface area contributed by atoms with Crippen LogP contribution >= 0.6 is 0 Å². The molecule has 1 aliphatic heterocycles. The summed E-state index contributed by atoms with van der Waals surface area (Å²) in [7, 11) is 1.74. The molecule has 0 saturated heterocycles. The summed E-state index contributed by atoms with van der Waals surface area (Å²) in [6.07, 6.45) is 0. The van der Waals surface area contributed by atoms with E-state index in [-0.39, 0.29) is 5.41 Å². The Kier molecular flexibility index (Phi) is 2.74. The van der Waals surface area contributed by atoms with Crippen molar-refractivity contribution in [3.05, 3.63) is 59.2 Å². The van der Waals surface area contributed by atoms with Gasteiger partial charge < -0.3 is 10.1 Å². The fourth-order valence-corrected chi connectivity index (χ4v) is 2.98. The molecule has 0 fully saturated rings. The summed E-state index contributed by atoms with van der Waals surface area (Å²) in [6.45, 7) is 5.32. The predicted octanol–water partition coefficient (Wildman–Crippen LogP) is 3.74. The third kappa shape index (κ3) is 1.79. The average Bonchev–Trinajstić information content (AvgIpc) is 2.78. The van der Waals surface area contributed by atoms with Crippen LogP contribution in [0, 0.1) is 6.92 Å². The van der Waals surface area contributed by atoms with Gasteiger partial charge in [0.05, 0.1) is 7.11 Å². The van der Waals surface area contributed by atoms with Gasteiger partial charge in [0.2, 0.25) is 0 Å². The Morgan fingerprint density at radius 1 is 1.11 bits per heavy atom. The number of hydrogen-bond donors (Lipinski definition) is 1. The van der Waals surface area contributed by atoms with E-state index in [1.165, 1.54) is 22.4 Å². The first-order chi connectivity index (χ1) is 9.15. The molecule has 0 aliphatic carbocycles. The monoisotopic (exact) mass is 253 g/mol. The van der Waals surface area contributed by atoms with Crippen LogP contribution < -0.4 is 10.1 Å². The van der Waals surface area contributed by atoms with E-state index >= 15 is 0 Å². The van der Waals surface area contributed by atoms with Crippen LogP contribution in [0.3, 0.4) is 0 Å². The van der Waals surface area contributed by atoms with Gasteiger partial charge in [-0.15, -0.1) is 0 Å². The van der Waals surface area contributed by atoms with Crippen LogP contribution in [-0.4, -0.2) is 13.7 Å². The van der Waals surface area contributed by atoms with Gasteiger partial charge in [-0.05, 0) is 31.5 Å². The Morgan fingerprint density at radius 3 is 2.68 bits per heavy atom. The smallest absolute Gasteiger partial charge is 0.123 e. The summed E-state index contributed by atoms with van der Waals surface area (Å²) >= 11 is 0. The van der Waals surface area contributed by atoms with Crippen LogP contribution in [0.1, 0.15) is 23.6 Å². The van der Waals surface area contributed by atoms with E-state index in [4.69, 9.17) is 4.74 Å². The van der Waals surface area contributed by atoms with Gasteiger partial charge in [-0.25, -0.2) is 0 Å². The first-order valence-corrected chi connectivity index (χ1v) is 6.63. The van der Waals surface area contributed by atoms with Gasteiger partial charge in [-0.1, -0.05) is 35.9 Å². The molecular weight excluding hydrogens is 234 g/mol. The highest BCUT2D eigenvalue weighted by Gasteiger charge is 2.37. The average molecular weight is 253 g/mol. The molecule has 1 aliphatic rings. The Hall–Kier alpha value is -1.96. The first kappa shape index (κ1) is 12.1. The van der Waals surface area contributed by atoms with Crippen LogP contribution in [0.4, 0.5) is 5.69 Å². The number of fused-ring (bicyclic) bond motifs is 1. The molecule has 19 heavy (non-hydrogen) atoms. The second-order valence-corrected chi connectivity index (χ2v) is 5.43. The Balaban J connectivity index is 2.20. The Morgan fingerprint density at radius 2 is 1.89 bits per heavy atom. The van der Waals surface area contributed by atoms with Crippen LogP contribution in [0.25, 0.3) is 0 Å². The fraction of sp³-hybridized carbons (Fsp3) is 0.294. The van der Waals surface area contributed by atoms with Crippen LogP contribution in [-0.2, 0) is 5.41 Å². The zero-order valence-electron chi connectivity index (χ0n) is 11.7. The minimum Gasteiger partial charge on any atom is -0.496 e. The molecule has 0 spiro atoms. The number of aryl methyl sites for hydroxylation is 1. The van der Waals surface area contributed by atoms with Gasteiger partial charge in [0.1, 0.15) is 5.75 Å². The molecule has 98 valence electrons. The zero-order chi connectivity index (χ0) is 13.5. The maximum Gasteiger partial charge on any atom is 0.123 e. The van der Waals surface area contributed by atoms with E-state index in [9.17, 15) is 0 Å². The maximum atomic E-state index is 5.57. The molecule has 1 heterocycles. The maximum absolute atomic E-state index is 5.57. The summed E-state index contributed by atoms with van der Waals surface area (Å²) in [5, 5.41) is 3.50. The lowest BCUT2D eigenvalue weighted by molar-refractivity contribution is 0.400. The van der Waals surface area contributed by atoms with E-state index in [0.717, 1.165) is 12.3 Å². The van der Waals surface area contributed by atoms with Crippen molar-refractivity contribution in [3.8, 4) is 5.75 Å². The Bertz CT molecular complexity index is 620. The van der Waals surface area contributed by atoms with Gasteiger partial charge in [0.25, 0.3) is 0 Å². The third-order valence-electron chi connectivity index (χ3n) is 4.10. The molecule has 2 nitrogen and oxygen atoms in total. The van der Waals surface area contributed by atoms with E-state index in [2.05, 4.69) is 61.6 Å². The second kappa shape index (κ2) is 4.30. The molecule has 1 atom stereocenters. The summed E-state index contributed by atoms with van der Waals surface area (Å²) in [6, 6.07) is 14.9. The van der Waals surface area contributed by atoms with Crippen molar-refractivity contribution in [2.45, 2.75) is 19.3 Å². The normalized spacial score (nSPS) is 20.8. The zero-order valence-corrected chi connectivity index (χ0v) is 11.7.